The number of aromatic amines is 2. The van der Waals surface area contributed by atoms with Crippen LogP contribution in [0.4, 0.5) is 46.3 Å². The molecule has 400 valence electrons. The largest absolute Gasteiger partial charge is 2.00 e. The predicted octanol–water partition coefficient (Wildman–Crippen LogP) is -8.64. The number of fused-ring (bicyclic) bond motifs is 2. The molecule has 24 N–H and O–H groups in total. The molecule has 2 aromatic carbocycles. The quantitative estimate of drug-likeness (QED) is 0.0289. The third-order valence-corrected chi connectivity index (χ3v) is 10.2. The van der Waals surface area contributed by atoms with Crippen LogP contribution in [0, 0.1) is 0 Å². The molecular weight excluding hydrogens is 1020 g/mol. The van der Waals surface area contributed by atoms with Crippen molar-refractivity contribution in [3.05, 3.63) is 80.4 Å². The van der Waals surface area contributed by atoms with E-state index in [1.165, 1.54) is 34.1 Å². The van der Waals surface area contributed by atoms with Crippen LogP contribution < -0.4 is 74.5 Å². The number of hydrogen-bond donors (Lipinski definition) is 12. The smallest absolute Gasteiger partial charge is 0.550 e. The fourth-order valence-corrected chi connectivity index (χ4v) is 6.78. The van der Waals surface area contributed by atoms with Crippen molar-refractivity contribution in [3.8, 4) is 0 Å². The SMILES string of the molecule is Nc1nc2c(c(=O)[nH]1)N(C=O)[C@@H](CNc1ccc(C(=O)N[C@@H](CCC(=O)[O-])C(=O)O)cc1)CN2.Nc1nc2c(c(=O)[nH]1)N(C=O)[C@@H](CNc1ccc(C(=O)N[C@@H](CCC(=O)[O-])C(=O)O)cc1)CN2.O.O.O.O.O.[Ca+2]. The van der Waals surface area contributed by atoms with Gasteiger partial charge in [0.15, 0.2) is 23.0 Å². The van der Waals surface area contributed by atoms with Crippen molar-refractivity contribution in [2.45, 2.75) is 49.9 Å². The number of rotatable bonds is 20. The number of carbonyl (C=O) groups excluding carboxylic acids is 6. The summed E-state index contributed by atoms with van der Waals surface area (Å²) in [5.74, 6) is -6.62. The number of carboxylic acids is 4. The zero-order valence-electron chi connectivity index (χ0n) is 38.7. The molecule has 0 aliphatic carbocycles. The fourth-order valence-electron chi connectivity index (χ4n) is 6.78. The molecule has 74 heavy (non-hydrogen) atoms. The van der Waals surface area contributed by atoms with Crippen molar-refractivity contribution in [1.82, 2.24) is 30.6 Å². The topological polar surface area (TPSA) is 603 Å². The number of benzene rings is 2. The summed E-state index contributed by atoms with van der Waals surface area (Å²) in [5, 5.41) is 56.1. The van der Waals surface area contributed by atoms with Crippen molar-refractivity contribution in [1.29, 1.82) is 0 Å². The molecule has 2 aliphatic heterocycles. The predicted molar refractivity (Wildman–Crippen MR) is 260 cm³/mol. The van der Waals surface area contributed by atoms with Gasteiger partial charge in [-0.25, -0.2) is 9.59 Å². The van der Waals surface area contributed by atoms with E-state index in [1.807, 2.05) is 0 Å². The first-order valence-corrected chi connectivity index (χ1v) is 20.3. The molecule has 4 amide bonds. The van der Waals surface area contributed by atoms with E-state index in [-0.39, 0.29) is 137 Å². The minimum absolute atomic E-state index is 0. The normalized spacial score (nSPS) is 14.2. The number of H-pyrrole nitrogens is 2. The summed E-state index contributed by atoms with van der Waals surface area (Å²) in [6.45, 7) is 1.12. The van der Waals surface area contributed by atoms with Crippen molar-refractivity contribution < 1.29 is 86.2 Å². The van der Waals surface area contributed by atoms with Gasteiger partial charge in [0.05, 0.1) is 12.1 Å². The summed E-state index contributed by atoms with van der Waals surface area (Å²) >= 11 is 0. The molecule has 0 bridgehead atoms. The van der Waals surface area contributed by atoms with Crippen LogP contribution in [0.3, 0.4) is 0 Å². The van der Waals surface area contributed by atoms with Crippen LogP contribution in [0.15, 0.2) is 58.1 Å². The fraction of sp³-hybridized carbons (Fsp3) is 0.300. The molecule has 0 fully saturated rings. The summed E-state index contributed by atoms with van der Waals surface area (Å²) in [4.78, 5) is 131. The first-order valence-electron chi connectivity index (χ1n) is 20.3. The number of nitrogens with one attached hydrogen (secondary N) is 8. The van der Waals surface area contributed by atoms with Crippen LogP contribution in [-0.4, -0.2) is 194 Å². The Morgan fingerprint density at radius 2 is 0.959 bits per heavy atom. The second-order valence-corrected chi connectivity index (χ2v) is 14.9. The molecule has 0 radical (unpaired) electrons. The van der Waals surface area contributed by atoms with Crippen LogP contribution in [0.5, 0.6) is 0 Å². The van der Waals surface area contributed by atoms with Gasteiger partial charge in [0, 0.05) is 60.6 Å². The van der Waals surface area contributed by atoms with Crippen LogP contribution in [0.25, 0.3) is 0 Å². The van der Waals surface area contributed by atoms with Crippen molar-refractivity contribution in [2.75, 3.05) is 68.7 Å². The maximum atomic E-state index is 12.3. The maximum absolute atomic E-state index is 12.3. The van der Waals surface area contributed by atoms with E-state index < -0.39 is 83.8 Å². The van der Waals surface area contributed by atoms with Gasteiger partial charge in [-0.15, -0.1) is 0 Å². The molecule has 4 atom stereocenters. The maximum Gasteiger partial charge on any atom is 2.00 e. The van der Waals surface area contributed by atoms with E-state index in [4.69, 9.17) is 21.7 Å². The van der Waals surface area contributed by atoms with E-state index in [9.17, 15) is 58.2 Å². The van der Waals surface area contributed by atoms with Crippen molar-refractivity contribution in [3.63, 3.8) is 0 Å². The van der Waals surface area contributed by atoms with Crippen molar-refractivity contribution in [2.24, 2.45) is 0 Å². The summed E-state index contributed by atoms with van der Waals surface area (Å²) in [7, 11) is 0. The minimum atomic E-state index is -1.41. The van der Waals surface area contributed by atoms with Gasteiger partial charge in [-0.3, -0.25) is 38.7 Å². The minimum Gasteiger partial charge on any atom is -0.550 e. The Morgan fingerprint density at radius 3 is 1.24 bits per heavy atom. The second kappa shape index (κ2) is 31.3. The van der Waals surface area contributed by atoms with E-state index >= 15 is 0 Å². The van der Waals surface area contributed by atoms with E-state index in [1.54, 1.807) is 24.3 Å². The average Bonchev–Trinajstić information content (AvgIpc) is 3.29. The third-order valence-electron chi connectivity index (χ3n) is 10.2. The van der Waals surface area contributed by atoms with Gasteiger partial charge in [-0.1, -0.05) is 0 Å². The van der Waals surface area contributed by atoms with Crippen LogP contribution >= 0.6 is 0 Å². The summed E-state index contributed by atoms with van der Waals surface area (Å²) in [6.07, 6.45) is -0.557. The number of anilines is 8. The van der Waals surface area contributed by atoms with Crippen LogP contribution in [-0.2, 0) is 28.8 Å². The van der Waals surface area contributed by atoms with Gasteiger partial charge in [-0.05, 0) is 74.2 Å². The van der Waals surface area contributed by atoms with Gasteiger partial charge in [0.1, 0.15) is 12.1 Å². The molecule has 0 saturated carbocycles. The van der Waals surface area contributed by atoms with Gasteiger partial charge in [0.25, 0.3) is 22.9 Å². The second-order valence-electron chi connectivity index (χ2n) is 14.9. The Kier molecular flexibility index (Phi) is 28.7. The van der Waals surface area contributed by atoms with Gasteiger partial charge < -0.3 is 111 Å². The van der Waals surface area contributed by atoms with Gasteiger partial charge in [-0.2, -0.15) is 9.97 Å². The number of nitrogen functional groups attached to an aromatic ring is 2. The van der Waals surface area contributed by atoms with Gasteiger partial charge in [0.2, 0.25) is 24.7 Å². The molecule has 4 aromatic rings. The Hall–Kier alpha value is -8.18. The monoisotopic (exact) mass is 1070 g/mol. The molecule has 4 heterocycles. The number of nitrogens with two attached hydrogens (primary N) is 2. The third kappa shape index (κ3) is 18.1. The summed E-state index contributed by atoms with van der Waals surface area (Å²) in [6, 6.07) is 8.55. The summed E-state index contributed by atoms with van der Waals surface area (Å²) < 4.78 is 0. The van der Waals surface area contributed by atoms with Crippen molar-refractivity contribution >= 4 is 133 Å². The zero-order chi connectivity index (χ0) is 49.7. The number of hydrogen-bond acceptors (Lipinski definition) is 20. The number of nitrogens with zero attached hydrogens (tertiary/aromatic N) is 4. The molecule has 34 heteroatoms. The Bertz CT molecular complexity index is 2500. The molecule has 6 rings (SSSR count). The zero-order valence-corrected chi connectivity index (χ0v) is 40.9. The number of aromatic nitrogens is 4. The van der Waals surface area contributed by atoms with E-state index in [0.717, 1.165) is 0 Å². The standard InChI is InChI=1S/2C20H23N7O7.Ca.5H2O/c2*21-20-25-16-15(18(32)26-20)27(9-28)12(8-23-16)7-22-11-3-1-10(2-4-11)17(31)24-13(19(33)34)5-6-14(29)30;;;;;;/h2*1-4,9,12-13,22H,5-8H2,(H,24,31)(H,29,30)(H,33,34)(H4,21,23,25,26,32);;5*1H2/q;;+2;;;;;/p-2/t2*12-,13-;;;;;;/m00....../s1. The summed E-state index contributed by atoms with van der Waals surface area (Å²) in [5.41, 5.74) is 11.6. The molecule has 33 nitrogen and oxygen atoms in total. The Balaban J connectivity index is 0. The number of aliphatic carboxylic acids is 4. The van der Waals surface area contributed by atoms with Crippen LogP contribution in [0.1, 0.15) is 46.4 Å². The van der Waals surface area contributed by atoms with E-state index in [0.29, 0.717) is 37.3 Å². The van der Waals surface area contributed by atoms with Crippen LogP contribution in [0.2, 0.25) is 0 Å². The molecule has 0 unspecified atom stereocenters. The first-order chi connectivity index (χ1) is 32.4. The molecule has 0 spiro atoms. The van der Waals surface area contributed by atoms with Gasteiger partial charge >= 0.3 is 49.7 Å². The first kappa shape index (κ1) is 67.9. The molecular formula is C40H54CaN14O19. The number of carboxylic acid groups (broad SMARTS) is 4. The number of carbonyl (C=O) groups is 8. The molecule has 0 saturated heterocycles. The Labute approximate surface area is 446 Å². The van der Waals surface area contributed by atoms with E-state index in [2.05, 4.69) is 51.8 Å². The Morgan fingerprint density at radius 1 is 0.635 bits per heavy atom. The molecule has 2 aliphatic rings. The molecule has 2 aromatic heterocycles. The average molecular weight is 1080 g/mol. The number of amides is 4.